The lowest BCUT2D eigenvalue weighted by Gasteiger charge is -2.37. The predicted molar refractivity (Wildman–Crippen MR) is 77.2 cm³/mol. The molecule has 2 N–H and O–H groups in total. The number of carbonyl (C=O) groups excluding carboxylic acids is 1. The first-order valence-corrected chi connectivity index (χ1v) is 7.78. The van der Waals surface area contributed by atoms with Gasteiger partial charge in [-0.15, -0.1) is 10.2 Å². The minimum Gasteiger partial charge on any atom is -0.335 e. The quantitative estimate of drug-likeness (QED) is 0.895. The molecule has 1 aliphatic carbocycles. The lowest BCUT2D eigenvalue weighted by molar-refractivity contribution is 0.172. The molecular weight excluding hydrogens is 260 g/mol. The van der Waals surface area contributed by atoms with Crippen molar-refractivity contribution in [3.05, 3.63) is 5.51 Å². The molecule has 0 radical (unpaired) electrons. The fourth-order valence-electron chi connectivity index (χ4n) is 2.90. The molecule has 1 aromatic heterocycles. The molecule has 5 nitrogen and oxygen atoms in total. The van der Waals surface area contributed by atoms with E-state index in [2.05, 4.69) is 41.6 Å². The average Bonchev–Trinajstić information content (AvgIpc) is 2.81. The molecule has 3 atom stereocenters. The highest BCUT2D eigenvalue weighted by Gasteiger charge is 2.31. The molecule has 0 saturated heterocycles. The Morgan fingerprint density at radius 3 is 2.89 bits per heavy atom. The van der Waals surface area contributed by atoms with Crippen LogP contribution in [0.4, 0.5) is 9.93 Å². The van der Waals surface area contributed by atoms with Crippen molar-refractivity contribution in [1.29, 1.82) is 0 Å². The molecule has 6 heteroatoms. The van der Waals surface area contributed by atoms with Crippen molar-refractivity contribution in [2.75, 3.05) is 5.32 Å². The normalized spacial score (nSPS) is 27.3. The lowest BCUT2D eigenvalue weighted by atomic mass is 9.74. The van der Waals surface area contributed by atoms with Crippen LogP contribution in [0.2, 0.25) is 0 Å². The van der Waals surface area contributed by atoms with Gasteiger partial charge in [0.05, 0.1) is 0 Å². The Morgan fingerprint density at radius 1 is 1.47 bits per heavy atom. The molecule has 0 aliphatic heterocycles. The van der Waals surface area contributed by atoms with Gasteiger partial charge in [0.2, 0.25) is 5.13 Å². The molecule has 1 aromatic rings. The maximum absolute atomic E-state index is 12.0. The second kappa shape index (κ2) is 6.32. The molecule has 1 heterocycles. The summed E-state index contributed by atoms with van der Waals surface area (Å²) in [6, 6.07) is 0.0955. The second-order valence-corrected chi connectivity index (χ2v) is 6.61. The van der Waals surface area contributed by atoms with Crippen molar-refractivity contribution in [2.45, 2.75) is 46.1 Å². The van der Waals surface area contributed by atoms with E-state index in [0.717, 1.165) is 6.42 Å². The van der Waals surface area contributed by atoms with Gasteiger partial charge < -0.3 is 5.32 Å². The van der Waals surface area contributed by atoms with Gasteiger partial charge in [0.15, 0.2) is 0 Å². The first-order valence-electron chi connectivity index (χ1n) is 6.90. The summed E-state index contributed by atoms with van der Waals surface area (Å²) < 4.78 is 0. The van der Waals surface area contributed by atoms with Gasteiger partial charge in [-0.3, -0.25) is 5.32 Å². The molecule has 2 amide bonds. The van der Waals surface area contributed by atoms with Gasteiger partial charge in [-0.25, -0.2) is 4.79 Å². The number of urea groups is 1. The fraction of sp³-hybridized carbons (Fsp3) is 0.769. The van der Waals surface area contributed by atoms with Crippen LogP contribution in [0, 0.1) is 17.8 Å². The molecule has 0 bridgehead atoms. The van der Waals surface area contributed by atoms with Crippen molar-refractivity contribution in [3.8, 4) is 0 Å². The number of anilines is 1. The molecule has 1 aliphatic rings. The van der Waals surface area contributed by atoms with Crippen LogP contribution in [0.3, 0.4) is 0 Å². The molecule has 1 saturated carbocycles. The second-order valence-electron chi connectivity index (χ2n) is 5.77. The summed E-state index contributed by atoms with van der Waals surface area (Å²) in [6.45, 7) is 6.73. The molecular formula is C13H22N4OS. The number of amides is 2. The smallest absolute Gasteiger partial charge is 0.321 e. The lowest BCUT2D eigenvalue weighted by Crippen LogP contribution is -2.47. The summed E-state index contributed by atoms with van der Waals surface area (Å²) >= 11 is 1.33. The maximum atomic E-state index is 12.0. The summed E-state index contributed by atoms with van der Waals surface area (Å²) in [5.41, 5.74) is 1.61. The molecule has 1 fully saturated rings. The number of hydrogen-bond donors (Lipinski definition) is 2. The van der Waals surface area contributed by atoms with Gasteiger partial charge in [-0.2, -0.15) is 0 Å². The zero-order chi connectivity index (χ0) is 13.8. The SMILES string of the molecule is CC1CCC(C(C)C)C(NC(=O)Nc2nncs2)C1. The van der Waals surface area contributed by atoms with Crippen molar-refractivity contribution >= 4 is 22.5 Å². The van der Waals surface area contributed by atoms with Gasteiger partial charge >= 0.3 is 6.03 Å². The van der Waals surface area contributed by atoms with Gasteiger partial charge in [0.1, 0.15) is 5.51 Å². The summed E-state index contributed by atoms with van der Waals surface area (Å²) in [6.07, 6.45) is 3.52. The Hall–Kier alpha value is -1.17. The van der Waals surface area contributed by atoms with E-state index >= 15 is 0 Å². The molecule has 0 aromatic carbocycles. The largest absolute Gasteiger partial charge is 0.335 e. The van der Waals surface area contributed by atoms with Crippen molar-refractivity contribution in [2.24, 2.45) is 17.8 Å². The van der Waals surface area contributed by atoms with Crippen molar-refractivity contribution in [1.82, 2.24) is 15.5 Å². The van der Waals surface area contributed by atoms with E-state index < -0.39 is 0 Å². The van der Waals surface area contributed by atoms with E-state index in [4.69, 9.17) is 0 Å². The van der Waals surface area contributed by atoms with E-state index in [9.17, 15) is 4.79 Å². The van der Waals surface area contributed by atoms with Crippen LogP contribution >= 0.6 is 11.3 Å². The van der Waals surface area contributed by atoms with Crippen LogP contribution in [0.5, 0.6) is 0 Å². The molecule has 3 unspecified atom stereocenters. The van der Waals surface area contributed by atoms with Crippen LogP contribution in [0.1, 0.15) is 40.0 Å². The predicted octanol–water partition coefficient (Wildman–Crippen LogP) is 3.12. The summed E-state index contributed by atoms with van der Waals surface area (Å²) in [7, 11) is 0. The third kappa shape index (κ3) is 3.89. The van der Waals surface area contributed by atoms with Crippen LogP contribution in [0.25, 0.3) is 0 Å². The van der Waals surface area contributed by atoms with Gasteiger partial charge in [0.25, 0.3) is 0 Å². The monoisotopic (exact) mass is 282 g/mol. The maximum Gasteiger partial charge on any atom is 0.321 e. The van der Waals surface area contributed by atoms with Gasteiger partial charge in [0, 0.05) is 6.04 Å². The number of hydrogen-bond acceptors (Lipinski definition) is 4. The number of nitrogens with zero attached hydrogens (tertiary/aromatic N) is 2. The zero-order valence-corrected chi connectivity index (χ0v) is 12.5. The van der Waals surface area contributed by atoms with Gasteiger partial charge in [-0.05, 0) is 30.6 Å². The van der Waals surface area contributed by atoms with E-state index in [-0.39, 0.29) is 12.1 Å². The van der Waals surface area contributed by atoms with Crippen molar-refractivity contribution in [3.63, 3.8) is 0 Å². The Kier molecular flexibility index (Phi) is 4.74. The highest BCUT2D eigenvalue weighted by Crippen LogP contribution is 2.33. The van der Waals surface area contributed by atoms with Crippen LogP contribution in [-0.2, 0) is 0 Å². The molecule has 0 spiro atoms. The van der Waals surface area contributed by atoms with E-state index in [0.29, 0.717) is 22.9 Å². The Bertz CT molecular complexity index is 407. The van der Waals surface area contributed by atoms with Gasteiger partial charge in [-0.1, -0.05) is 38.5 Å². The first-order chi connectivity index (χ1) is 9.06. The average molecular weight is 282 g/mol. The highest BCUT2D eigenvalue weighted by molar-refractivity contribution is 7.13. The number of carbonyl (C=O) groups is 1. The number of rotatable bonds is 3. The Morgan fingerprint density at radius 2 is 2.26 bits per heavy atom. The van der Waals surface area contributed by atoms with Crippen LogP contribution in [-0.4, -0.2) is 22.3 Å². The third-order valence-corrected chi connectivity index (χ3v) is 4.53. The van der Waals surface area contributed by atoms with Crippen LogP contribution in [0.15, 0.2) is 5.51 Å². The number of aromatic nitrogens is 2. The number of nitrogens with one attached hydrogen (secondary N) is 2. The molecule has 19 heavy (non-hydrogen) atoms. The summed E-state index contributed by atoms with van der Waals surface area (Å²) in [5, 5.41) is 13.9. The minimum absolute atomic E-state index is 0.165. The Labute approximate surface area is 118 Å². The Balaban J connectivity index is 1.92. The zero-order valence-electron chi connectivity index (χ0n) is 11.7. The first kappa shape index (κ1) is 14.2. The van der Waals surface area contributed by atoms with E-state index in [1.165, 1.54) is 24.2 Å². The molecule has 2 rings (SSSR count). The minimum atomic E-state index is -0.165. The molecule has 106 valence electrons. The third-order valence-electron chi connectivity index (χ3n) is 3.92. The van der Waals surface area contributed by atoms with Crippen LogP contribution < -0.4 is 10.6 Å². The van der Waals surface area contributed by atoms with Crippen molar-refractivity contribution < 1.29 is 4.79 Å². The summed E-state index contributed by atoms with van der Waals surface area (Å²) in [5.74, 6) is 1.84. The highest BCUT2D eigenvalue weighted by atomic mass is 32.1. The standard InChI is InChI=1S/C13H22N4OS/c1-8(2)10-5-4-9(3)6-11(10)15-12(18)16-13-17-14-7-19-13/h7-11H,4-6H2,1-3H3,(H2,15,16,17,18). The van der Waals surface area contributed by atoms with E-state index in [1.807, 2.05) is 0 Å². The van der Waals surface area contributed by atoms with E-state index in [1.54, 1.807) is 5.51 Å². The fourth-order valence-corrected chi connectivity index (χ4v) is 3.34. The summed E-state index contributed by atoms with van der Waals surface area (Å²) in [4.78, 5) is 12.0. The topological polar surface area (TPSA) is 66.9 Å².